The van der Waals surface area contributed by atoms with Gasteiger partial charge in [-0.05, 0) is 41.8 Å². The van der Waals surface area contributed by atoms with Crippen LogP contribution in [0.15, 0.2) is 64.6 Å². The number of hydrogen-bond donors (Lipinski definition) is 0. The van der Waals surface area contributed by atoms with Gasteiger partial charge >= 0.3 is 0 Å². The third kappa shape index (κ3) is 3.85. The highest BCUT2D eigenvalue weighted by molar-refractivity contribution is 9.10. The lowest BCUT2D eigenvalue weighted by Crippen LogP contribution is -2.31. The van der Waals surface area contributed by atoms with Gasteiger partial charge in [-0.2, -0.15) is 0 Å². The van der Waals surface area contributed by atoms with Crippen LogP contribution in [-0.4, -0.2) is 15.9 Å². The Bertz CT molecular complexity index is 1030. The van der Waals surface area contributed by atoms with E-state index in [-0.39, 0.29) is 5.91 Å². The highest BCUT2D eigenvalue weighted by Gasteiger charge is 2.21. The number of halogens is 1. The first-order valence-electron chi connectivity index (χ1n) is 7.98. The SMILES string of the molecule is O=C(Cc1cccs1)N(Cc1ccccn1)c1nc2ccc(Br)cc2s1. The van der Waals surface area contributed by atoms with Gasteiger partial charge in [0.25, 0.3) is 0 Å². The number of thiophene rings is 1. The molecule has 3 heterocycles. The van der Waals surface area contributed by atoms with Crippen molar-refractivity contribution in [2.24, 2.45) is 0 Å². The molecule has 0 saturated carbocycles. The van der Waals surface area contributed by atoms with E-state index in [2.05, 4.69) is 25.9 Å². The van der Waals surface area contributed by atoms with Gasteiger partial charge in [0.15, 0.2) is 5.13 Å². The smallest absolute Gasteiger partial charge is 0.234 e. The highest BCUT2D eigenvalue weighted by atomic mass is 79.9. The zero-order valence-corrected chi connectivity index (χ0v) is 16.9. The summed E-state index contributed by atoms with van der Waals surface area (Å²) in [5.41, 5.74) is 1.73. The van der Waals surface area contributed by atoms with Crippen molar-refractivity contribution >= 4 is 59.9 Å². The maximum absolute atomic E-state index is 13.0. The van der Waals surface area contributed by atoms with Crippen molar-refractivity contribution in [3.05, 3.63) is 75.2 Å². The molecule has 130 valence electrons. The van der Waals surface area contributed by atoms with Crippen LogP contribution in [0.4, 0.5) is 5.13 Å². The van der Waals surface area contributed by atoms with E-state index in [9.17, 15) is 4.79 Å². The van der Waals surface area contributed by atoms with Gasteiger partial charge < -0.3 is 0 Å². The normalized spacial score (nSPS) is 11.0. The van der Waals surface area contributed by atoms with Crippen LogP contribution in [0.2, 0.25) is 0 Å². The Morgan fingerprint density at radius 1 is 1.15 bits per heavy atom. The third-order valence-electron chi connectivity index (χ3n) is 3.82. The minimum absolute atomic E-state index is 0.0243. The van der Waals surface area contributed by atoms with E-state index >= 15 is 0 Å². The summed E-state index contributed by atoms with van der Waals surface area (Å²) >= 11 is 6.60. The summed E-state index contributed by atoms with van der Waals surface area (Å²) < 4.78 is 2.05. The van der Waals surface area contributed by atoms with Crippen molar-refractivity contribution in [2.75, 3.05) is 4.90 Å². The van der Waals surface area contributed by atoms with Gasteiger partial charge in [-0.25, -0.2) is 4.98 Å². The average molecular weight is 444 g/mol. The fourth-order valence-corrected chi connectivity index (χ4v) is 4.81. The predicted octanol–water partition coefficient (Wildman–Crippen LogP) is 5.29. The number of hydrogen-bond acceptors (Lipinski definition) is 5. The number of pyridine rings is 1. The number of benzene rings is 1. The summed E-state index contributed by atoms with van der Waals surface area (Å²) in [6, 6.07) is 15.6. The molecule has 0 saturated heterocycles. The molecule has 7 heteroatoms. The average Bonchev–Trinajstić information content (AvgIpc) is 3.29. The van der Waals surface area contributed by atoms with Crippen molar-refractivity contribution in [1.82, 2.24) is 9.97 Å². The zero-order valence-electron chi connectivity index (χ0n) is 13.6. The zero-order chi connectivity index (χ0) is 17.9. The number of carbonyl (C=O) groups is 1. The van der Waals surface area contributed by atoms with Gasteiger partial charge in [-0.3, -0.25) is 14.7 Å². The Morgan fingerprint density at radius 3 is 2.85 bits per heavy atom. The third-order valence-corrected chi connectivity index (χ3v) is 6.23. The van der Waals surface area contributed by atoms with Crippen LogP contribution in [0.3, 0.4) is 0 Å². The van der Waals surface area contributed by atoms with E-state index in [0.717, 1.165) is 25.3 Å². The lowest BCUT2D eigenvalue weighted by molar-refractivity contribution is -0.118. The Balaban J connectivity index is 1.69. The Kier molecular flexibility index (Phi) is 5.10. The molecule has 0 aliphatic heterocycles. The van der Waals surface area contributed by atoms with E-state index in [0.29, 0.717) is 18.1 Å². The van der Waals surface area contributed by atoms with Crippen LogP contribution < -0.4 is 4.90 Å². The van der Waals surface area contributed by atoms with Gasteiger partial charge in [0.1, 0.15) is 0 Å². The van der Waals surface area contributed by atoms with Crippen LogP contribution in [0.5, 0.6) is 0 Å². The standard InChI is InChI=1S/C19H14BrN3OS2/c20-13-6-7-16-17(10-13)26-19(22-16)23(12-14-4-1-2-8-21-14)18(24)11-15-5-3-9-25-15/h1-10H,11-12H2. The molecule has 4 aromatic rings. The molecule has 0 fully saturated rings. The molecule has 0 unspecified atom stereocenters. The second-order valence-corrected chi connectivity index (χ2v) is 8.62. The lowest BCUT2D eigenvalue weighted by Gasteiger charge is -2.19. The van der Waals surface area contributed by atoms with Crippen molar-refractivity contribution < 1.29 is 4.79 Å². The van der Waals surface area contributed by atoms with Crippen LogP contribution >= 0.6 is 38.6 Å². The molecule has 0 atom stereocenters. The minimum Gasteiger partial charge on any atom is -0.282 e. The molecule has 0 spiro atoms. The summed E-state index contributed by atoms with van der Waals surface area (Å²) in [6.45, 7) is 0.409. The molecule has 4 rings (SSSR count). The number of nitrogens with zero attached hydrogens (tertiary/aromatic N) is 3. The summed E-state index contributed by atoms with van der Waals surface area (Å²) in [5, 5.41) is 2.69. The summed E-state index contributed by atoms with van der Waals surface area (Å²) in [4.78, 5) is 24.9. The van der Waals surface area contributed by atoms with Crippen molar-refractivity contribution in [3.8, 4) is 0 Å². The number of amides is 1. The van der Waals surface area contributed by atoms with Gasteiger partial charge in [0.2, 0.25) is 5.91 Å². The number of anilines is 1. The topological polar surface area (TPSA) is 46.1 Å². The van der Waals surface area contributed by atoms with E-state index in [1.54, 1.807) is 22.4 Å². The molecule has 26 heavy (non-hydrogen) atoms. The molecular weight excluding hydrogens is 430 g/mol. The van der Waals surface area contributed by atoms with Gasteiger partial charge in [-0.1, -0.05) is 39.4 Å². The largest absolute Gasteiger partial charge is 0.282 e. The molecule has 1 amide bonds. The Labute approximate surface area is 167 Å². The number of rotatable bonds is 5. The van der Waals surface area contributed by atoms with Crippen LogP contribution in [0, 0.1) is 0 Å². The highest BCUT2D eigenvalue weighted by Crippen LogP contribution is 2.32. The van der Waals surface area contributed by atoms with E-state index in [4.69, 9.17) is 0 Å². The van der Waals surface area contributed by atoms with Crippen LogP contribution in [0.1, 0.15) is 10.6 Å². The second kappa shape index (κ2) is 7.65. The van der Waals surface area contributed by atoms with Crippen LogP contribution in [0.25, 0.3) is 10.2 Å². The molecule has 4 nitrogen and oxygen atoms in total. The summed E-state index contributed by atoms with van der Waals surface area (Å²) in [6.07, 6.45) is 2.11. The molecule has 3 aromatic heterocycles. The van der Waals surface area contributed by atoms with Crippen molar-refractivity contribution in [1.29, 1.82) is 0 Å². The lowest BCUT2D eigenvalue weighted by atomic mass is 10.3. The Morgan fingerprint density at radius 2 is 2.08 bits per heavy atom. The molecule has 0 aliphatic carbocycles. The fraction of sp³-hybridized carbons (Fsp3) is 0.105. The van der Waals surface area contributed by atoms with Crippen molar-refractivity contribution in [2.45, 2.75) is 13.0 Å². The number of thiazole rings is 1. The molecule has 0 bridgehead atoms. The maximum atomic E-state index is 13.0. The minimum atomic E-state index is 0.0243. The molecular formula is C19H14BrN3OS2. The second-order valence-electron chi connectivity index (χ2n) is 5.67. The quantitative estimate of drug-likeness (QED) is 0.420. The molecule has 0 aliphatic rings. The molecule has 1 aromatic carbocycles. The molecule has 0 radical (unpaired) electrons. The predicted molar refractivity (Wildman–Crippen MR) is 111 cm³/mol. The number of carbonyl (C=O) groups excluding carboxylic acids is 1. The van der Waals surface area contributed by atoms with E-state index in [1.165, 1.54) is 11.3 Å². The van der Waals surface area contributed by atoms with Gasteiger partial charge in [0, 0.05) is 15.5 Å². The van der Waals surface area contributed by atoms with Crippen molar-refractivity contribution in [3.63, 3.8) is 0 Å². The maximum Gasteiger partial charge on any atom is 0.234 e. The van der Waals surface area contributed by atoms with E-state index in [1.807, 2.05) is 53.9 Å². The van der Waals surface area contributed by atoms with Gasteiger partial charge in [-0.15, -0.1) is 11.3 Å². The first-order valence-corrected chi connectivity index (χ1v) is 10.5. The number of fused-ring (bicyclic) bond motifs is 1. The van der Waals surface area contributed by atoms with Gasteiger partial charge in [0.05, 0.1) is 28.9 Å². The van der Waals surface area contributed by atoms with E-state index < -0.39 is 0 Å². The summed E-state index contributed by atoms with van der Waals surface area (Å²) in [7, 11) is 0. The summed E-state index contributed by atoms with van der Waals surface area (Å²) in [5.74, 6) is 0.0243. The van der Waals surface area contributed by atoms with Crippen LogP contribution in [-0.2, 0) is 17.8 Å². The Hall–Kier alpha value is -2.09. The number of aromatic nitrogens is 2. The molecule has 0 N–H and O–H groups in total. The first-order chi connectivity index (χ1) is 12.7. The fourth-order valence-electron chi connectivity index (χ4n) is 2.58. The monoisotopic (exact) mass is 443 g/mol. The first kappa shape index (κ1) is 17.3.